The second-order valence-corrected chi connectivity index (χ2v) is 5.47. The second-order valence-electron chi connectivity index (χ2n) is 5.47. The predicted molar refractivity (Wildman–Crippen MR) is 86.8 cm³/mol. The van der Waals surface area contributed by atoms with Crippen LogP contribution in [0, 0.1) is 12.8 Å². The number of rotatable bonds is 7. The number of nitrogens with two attached hydrogens (primary N) is 1. The van der Waals surface area contributed by atoms with Crippen LogP contribution in [0.5, 0.6) is 5.75 Å². The molecule has 6 nitrogen and oxygen atoms in total. The third-order valence-electron chi connectivity index (χ3n) is 3.16. The van der Waals surface area contributed by atoms with Gasteiger partial charge < -0.3 is 21.1 Å². The monoisotopic (exact) mass is 307 g/mol. The molecular formula is C16H25N3O3. The maximum Gasteiger partial charge on any atom is 0.243 e. The zero-order chi connectivity index (χ0) is 16.7. The van der Waals surface area contributed by atoms with Gasteiger partial charge in [-0.1, -0.05) is 19.9 Å². The number of ether oxygens (including phenoxy) is 1. The molecule has 0 aliphatic heterocycles. The molecule has 22 heavy (non-hydrogen) atoms. The number of nitrogens with one attached hydrogen (secondary N) is 2. The summed E-state index contributed by atoms with van der Waals surface area (Å²) < 4.78 is 5.49. The van der Waals surface area contributed by atoms with E-state index in [-0.39, 0.29) is 24.3 Å². The largest absolute Gasteiger partial charge is 0.492 e. The van der Waals surface area contributed by atoms with Crippen LogP contribution in [0.4, 0.5) is 5.69 Å². The smallest absolute Gasteiger partial charge is 0.243 e. The fourth-order valence-electron chi connectivity index (χ4n) is 1.79. The third kappa shape index (κ3) is 5.37. The van der Waals surface area contributed by atoms with Crippen molar-refractivity contribution in [2.24, 2.45) is 11.7 Å². The molecule has 0 unspecified atom stereocenters. The zero-order valence-electron chi connectivity index (χ0n) is 13.6. The first-order valence-electron chi connectivity index (χ1n) is 7.41. The summed E-state index contributed by atoms with van der Waals surface area (Å²) in [7, 11) is 0. The average molecular weight is 307 g/mol. The van der Waals surface area contributed by atoms with Crippen LogP contribution >= 0.6 is 0 Å². The summed E-state index contributed by atoms with van der Waals surface area (Å²) in [4.78, 5) is 23.6. The van der Waals surface area contributed by atoms with Crippen LogP contribution in [0.25, 0.3) is 0 Å². The van der Waals surface area contributed by atoms with Gasteiger partial charge in [-0.3, -0.25) is 9.59 Å². The minimum atomic E-state index is -0.619. The lowest BCUT2D eigenvalue weighted by Gasteiger charge is -2.16. The first kappa shape index (κ1) is 18.0. The lowest BCUT2D eigenvalue weighted by Crippen LogP contribution is -2.46. The molecule has 0 heterocycles. The van der Waals surface area contributed by atoms with Gasteiger partial charge in [-0.05, 0) is 37.5 Å². The molecule has 0 aliphatic carbocycles. The van der Waals surface area contributed by atoms with Crippen LogP contribution in [0.2, 0.25) is 0 Å². The molecule has 0 bridgehead atoms. The van der Waals surface area contributed by atoms with Crippen LogP contribution in [-0.2, 0) is 9.59 Å². The summed E-state index contributed by atoms with van der Waals surface area (Å²) in [5.74, 6) is -0.0287. The summed E-state index contributed by atoms with van der Waals surface area (Å²) >= 11 is 0. The van der Waals surface area contributed by atoms with Crippen molar-refractivity contribution in [1.29, 1.82) is 0 Å². The Morgan fingerprint density at radius 2 is 2.00 bits per heavy atom. The summed E-state index contributed by atoms with van der Waals surface area (Å²) in [5.41, 5.74) is 7.34. The first-order valence-corrected chi connectivity index (χ1v) is 7.41. The number of carbonyl (C=O) groups is 2. The normalized spacial score (nSPS) is 11.9. The van der Waals surface area contributed by atoms with Crippen molar-refractivity contribution in [3.63, 3.8) is 0 Å². The highest BCUT2D eigenvalue weighted by Gasteiger charge is 2.18. The number of hydrogen-bond acceptors (Lipinski definition) is 4. The van der Waals surface area contributed by atoms with Gasteiger partial charge in [0.25, 0.3) is 0 Å². The molecule has 2 amide bonds. The molecule has 0 aliphatic rings. The summed E-state index contributed by atoms with van der Waals surface area (Å²) in [6.07, 6.45) is 0. The molecule has 0 radical (unpaired) electrons. The van der Waals surface area contributed by atoms with Crippen LogP contribution < -0.4 is 21.1 Å². The molecule has 1 aromatic carbocycles. The Kier molecular flexibility index (Phi) is 6.85. The van der Waals surface area contributed by atoms with E-state index in [0.717, 1.165) is 5.56 Å². The Balaban J connectivity index is 2.60. The van der Waals surface area contributed by atoms with E-state index >= 15 is 0 Å². The van der Waals surface area contributed by atoms with Crippen LogP contribution in [0.3, 0.4) is 0 Å². The summed E-state index contributed by atoms with van der Waals surface area (Å²) in [6, 6.07) is 4.89. The number of hydrogen-bond donors (Lipinski definition) is 3. The van der Waals surface area contributed by atoms with Crippen LogP contribution in [0.1, 0.15) is 26.3 Å². The Morgan fingerprint density at radius 3 is 2.59 bits per heavy atom. The fourth-order valence-corrected chi connectivity index (χ4v) is 1.79. The highest BCUT2D eigenvalue weighted by molar-refractivity contribution is 5.96. The van der Waals surface area contributed by atoms with Crippen molar-refractivity contribution in [1.82, 2.24) is 5.32 Å². The van der Waals surface area contributed by atoms with Crippen molar-refractivity contribution in [2.45, 2.75) is 33.7 Å². The number of benzene rings is 1. The van der Waals surface area contributed by atoms with Crippen molar-refractivity contribution < 1.29 is 14.3 Å². The summed E-state index contributed by atoms with van der Waals surface area (Å²) in [5, 5.41) is 5.26. The molecule has 0 saturated heterocycles. The maximum absolute atomic E-state index is 11.9. The van der Waals surface area contributed by atoms with Crippen molar-refractivity contribution in [3.05, 3.63) is 23.8 Å². The molecule has 0 spiro atoms. The number of aryl methyl sites for hydroxylation is 1. The molecular weight excluding hydrogens is 282 g/mol. The van der Waals surface area contributed by atoms with Crippen LogP contribution in [0.15, 0.2) is 18.2 Å². The van der Waals surface area contributed by atoms with Gasteiger partial charge >= 0.3 is 0 Å². The average Bonchev–Trinajstić information content (AvgIpc) is 2.47. The quantitative estimate of drug-likeness (QED) is 0.710. The molecule has 1 atom stereocenters. The van der Waals surface area contributed by atoms with E-state index < -0.39 is 6.04 Å². The number of amides is 2. The summed E-state index contributed by atoms with van der Waals surface area (Å²) in [6.45, 7) is 7.91. The zero-order valence-corrected chi connectivity index (χ0v) is 13.6. The Hall–Kier alpha value is -2.08. The van der Waals surface area contributed by atoms with Gasteiger partial charge in [-0.15, -0.1) is 0 Å². The highest BCUT2D eigenvalue weighted by atomic mass is 16.5. The third-order valence-corrected chi connectivity index (χ3v) is 3.16. The minimum absolute atomic E-state index is 0.0183. The van der Waals surface area contributed by atoms with Gasteiger partial charge in [0.05, 0.1) is 24.9 Å². The molecule has 0 aromatic heterocycles. The Labute approximate surface area is 131 Å². The van der Waals surface area contributed by atoms with E-state index in [0.29, 0.717) is 18.0 Å². The Morgan fingerprint density at radius 1 is 1.32 bits per heavy atom. The second kappa shape index (κ2) is 8.38. The van der Waals surface area contributed by atoms with Crippen molar-refractivity contribution in [3.8, 4) is 5.75 Å². The van der Waals surface area contributed by atoms with E-state index in [4.69, 9.17) is 10.5 Å². The topological polar surface area (TPSA) is 93.5 Å². The SMILES string of the molecule is CCOc1cc(C)ccc1NC(=O)CNC(=O)[C@@H](N)C(C)C. The molecule has 0 fully saturated rings. The maximum atomic E-state index is 11.9. The van der Waals surface area contributed by atoms with Gasteiger partial charge in [0.1, 0.15) is 5.75 Å². The lowest BCUT2D eigenvalue weighted by molar-refractivity contribution is -0.125. The first-order chi connectivity index (χ1) is 10.3. The van der Waals surface area contributed by atoms with Gasteiger partial charge in [0.15, 0.2) is 0 Å². The molecule has 122 valence electrons. The number of anilines is 1. The fraction of sp³-hybridized carbons (Fsp3) is 0.500. The molecule has 1 rings (SSSR count). The lowest BCUT2D eigenvalue weighted by atomic mass is 10.1. The molecule has 0 saturated carbocycles. The van der Waals surface area contributed by atoms with Crippen LogP contribution in [-0.4, -0.2) is 31.0 Å². The van der Waals surface area contributed by atoms with Crippen molar-refractivity contribution >= 4 is 17.5 Å². The van der Waals surface area contributed by atoms with Gasteiger partial charge in [-0.25, -0.2) is 0 Å². The van der Waals surface area contributed by atoms with E-state index in [9.17, 15) is 9.59 Å². The molecule has 6 heteroatoms. The molecule has 4 N–H and O–H groups in total. The number of carbonyl (C=O) groups excluding carboxylic acids is 2. The predicted octanol–water partition coefficient (Wildman–Crippen LogP) is 1.43. The Bertz CT molecular complexity index is 529. The molecule has 1 aromatic rings. The van der Waals surface area contributed by atoms with Gasteiger partial charge in [-0.2, -0.15) is 0 Å². The van der Waals surface area contributed by atoms with E-state index in [1.165, 1.54) is 0 Å². The standard InChI is InChI=1S/C16H25N3O3/c1-5-22-13-8-11(4)6-7-12(13)19-14(20)9-18-16(21)15(17)10(2)3/h6-8,10,15H,5,9,17H2,1-4H3,(H,18,21)(H,19,20)/t15-/m0/s1. The minimum Gasteiger partial charge on any atom is -0.492 e. The highest BCUT2D eigenvalue weighted by Crippen LogP contribution is 2.25. The van der Waals surface area contributed by atoms with E-state index in [1.54, 1.807) is 6.07 Å². The van der Waals surface area contributed by atoms with E-state index in [1.807, 2.05) is 39.8 Å². The van der Waals surface area contributed by atoms with E-state index in [2.05, 4.69) is 10.6 Å². The van der Waals surface area contributed by atoms with Gasteiger partial charge in [0, 0.05) is 0 Å². The van der Waals surface area contributed by atoms with Crippen molar-refractivity contribution in [2.75, 3.05) is 18.5 Å². The van der Waals surface area contributed by atoms with Gasteiger partial charge in [0.2, 0.25) is 11.8 Å².